The largest absolute Gasteiger partial charge is 0.444 e. The van der Waals surface area contributed by atoms with Crippen LogP contribution in [0.25, 0.3) is 5.57 Å². The third kappa shape index (κ3) is 7.30. The first-order valence-corrected chi connectivity index (χ1v) is 14.2. The van der Waals surface area contributed by atoms with Crippen molar-refractivity contribution in [3.63, 3.8) is 0 Å². The predicted molar refractivity (Wildman–Crippen MR) is 141 cm³/mol. The molecule has 8 nitrogen and oxygen atoms in total. The molecule has 0 radical (unpaired) electrons. The number of ether oxygens (including phenoxy) is 1. The maximum atomic E-state index is 13.2. The molecule has 212 valence electrons. The van der Waals surface area contributed by atoms with Gasteiger partial charge in [-0.2, -0.15) is 17.5 Å². The highest BCUT2D eigenvalue weighted by molar-refractivity contribution is 7.89. The molecule has 1 saturated heterocycles. The Labute approximate surface area is 226 Å². The summed E-state index contributed by atoms with van der Waals surface area (Å²) in [5.74, 6) is 0.325. The molecular weight excluding hydrogens is 533 g/mol. The van der Waals surface area contributed by atoms with Gasteiger partial charge >= 0.3 is 12.3 Å². The number of aromatic nitrogens is 1. The highest BCUT2D eigenvalue weighted by atomic mass is 32.2. The molecule has 12 heteroatoms. The first-order valence-electron chi connectivity index (χ1n) is 12.8. The number of amides is 1. The summed E-state index contributed by atoms with van der Waals surface area (Å²) in [4.78, 5) is 18.0. The van der Waals surface area contributed by atoms with Gasteiger partial charge in [-0.1, -0.05) is 18.2 Å². The van der Waals surface area contributed by atoms with Gasteiger partial charge in [0, 0.05) is 38.4 Å². The summed E-state index contributed by atoms with van der Waals surface area (Å²) in [6.07, 6.45) is -0.415. The van der Waals surface area contributed by atoms with Gasteiger partial charge in [-0.05, 0) is 75.4 Å². The zero-order valence-corrected chi connectivity index (χ0v) is 23.0. The van der Waals surface area contributed by atoms with Crippen molar-refractivity contribution in [3.8, 4) is 0 Å². The van der Waals surface area contributed by atoms with Crippen molar-refractivity contribution in [1.82, 2.24) is 14.2 Å². The van der Waals surface area contributed by atoms with Gasteiger partial charge in [-0.15, -0.1) is 0 Å². The number of hydrogen-bond acceptors (Lipinski definition) is 6. The van der Waals surface area contributed by atoms with Crippen molar-refractivity contribution in [2.45, 2.75) is 62.7 Å². The van der Waals surface area contributed by atoms with Crippen LogP contribution in [-0.4, -0.2) is 66.5 Å². The van der Waals surface area contributed by atoms with Crippen molar-refractivity contribution in [1.29, 1.82) is 0 Å². The molecule has 2 aliphatic heterocycles. The maximum Gasteiger partial charge on any atom is 0.417 e. The van der Waals surface area contributed by atoms with Crippen LogP contribution in [-0.2, 0) is 20.9 Å². The number of carbonyl (C=O) groups excluding carboxylic acids is 1. The number of pyridine rings is 1. The van der Waals surface area contributed by atoms with Crippen LogP contribution in [0, 0.1) is 0 Å². The van der Waals surface area contributed by atoms with Crippen LogP contribution in [0.1, 0.15) is 51.2 Å². The number of sulfonamides is 1. The maximum absolute atomic E-state index is 13.2. The van der Waals surface area contributed by atoms with E-state index in [-0.39, 0.29) is 30.1 Å². The number of nitrogens with zero attached hydrogens (tertiary/aromatic N) is 3. The van der Waals surface area contributed by atoms with E-state index in [1.54, 1.807) is 29.2 Å². The van der Waals surface area contributed by atoms with Crippen LogP contribution in [0.2, 0.25) is 0 Å². The minimum absolute atomic E-state index is 0.0958. The van der Waals surface area contributed by atoms with E-state index in [0.29, 0.717) is 38.2 Å². The van der Waals surface area contributed by atoms with Gasteiger partial charge in [-0.25, -0.2) is 18.2 Å². The molecule has 0 unspecified atom stereocenters. The smallest absolute Gasteiger partial charge is 0.417 e. The Hall–Kier alpha value is -3.12. The second-order valence-corrected chi connectivity index (χ2v) is 12.6. The molecule has 4 rings (SSSR count). The second kappa shape index (κ2) is 11.2. The standard InChI is InChI=1S/C27H33F3N4O4S/c1-26(2,3)38-25(35)33-14-10-20(11-15-33)19-4-7-23(8-5-19)39(36,37)34-16-12-22(13-17-34)32-24-9-6-21(18-31-24)27(28,29)30/h4-10,18,22H,11-17H2,1-3H3,(H,31,32). The molecule has 1 fully saturated rings. The summed E-state index contributed by atoms with van der Waals surface area (Å²) in [5, 5.41) is 3.10. The fraction of sp³-hybridized carbons (Fsp3) is 0.481. The number of hydrogen-bond donors (Lipinski definition) is 1. The van der Waals surface area contributed by atoms with Crippen molar-refractivity contribution in [2.75, 3.05) is 31.5 Å². The Morgan fingerprint density at radius 1 is 1.03 bits per heavy atom. The van der Waals surface area contributed by atoms with Gasteiger partial charge in [0.1, 0.15) is 11.4 Å². The summed E-state index contributed by atoms with van der Waals surface area (Å²) in [5.41, 5.74) is 0.576. The van der Waals surface area contributed by atoms with Crippen LogP contribution in [0.5, 0.6) is 0 Å². The molecular formula is C27H33F3N4O4S. The number of carbonyl (C=O) groups is 1. The Bertz CT molecular complexity index is 1300. The minimum Gasteiger partial charge on any atom is -0.444 e. The number of halogens is 3. The average Bonchev–Trinajstić information content (AvgIpc) is 2.88. The molecule has 2 aromatic rings. The average molecular weight is 567 g/mol. The van der Waals surface area contributed by atoms with E-state index in [0.717, 1.165) is 23.4 Å². The van der Waals surface area contributed by atoms with Crippen LogP contribution in [0.15, 0.2) is 53.6 Å². The highest BCUT2D eigenvalue weighted by Gasteiger charge is 2.32. The molecule has 0 bridgehead atoms. The Kier molecular flexibility index (Phi) is 8.27. The van der Waals surface area contributed by atoms with Gasteiger partial charge < -0.3 is 15.0 Å². The topological polar surface area (TPSA) is 91.8 Å². The Balaban J connectivity index is 1.32. The lowest BCUT2D eigenvalue weighted by Gasteiger charge is -2.32. The van der Waals surface area contributed by atoms with Crippen molar-refractivity contribution in [2.24, 2.45) is 0 Å². The normalized spacial score (nSPS) is 18.0. The third-order valence-electron chi connectivity index (χ3n) is 6.62. The van der Waals surface area contributed by atoms with Gasteiger partial charge in [0.25, 0.3) is 0 Å². The lowest BCUT2D eigenvalue weighted by molar-refractivity contribution is -0.137. The number of piperidine rings is 1. The lowest BCUT2D eigenvalue weighted by Crippen LogP contribution is -2.42. The van der Waals surface area contributed by atoms with E-state index in [9.17, 15) is 26.4 Å². The lowest BCUT2D eigenvalue weighted by atomic mass is 10.00. The summed E-state index contributed by atoms with van der Waals surface area (Å²) in [6, 6.07) is 8.92. The SMILES string of the molecule is CC(C)(C)OC(=O)N1CC=C(c2ccc(S(=O)(=O)N3CCC(Nc4ccc(C(F)(F)F)cn4)CC3)cc2)CC1. The fourth-order valence-electron chi connectivity index (χ4n) is 4.51. The van der Waals surface area contributed by atoms with Crippen LogP contribution < -0.4 is 5.32 Å². The molecule has 1 aromatic heterocycles. The fourth-order valence-corrected chi connectivity index (χ4v) is 5.98. The highest BCUT2D eigenvalue weighted by Crippen LogP contribution is 2.30. The van der Waals surface area contributed by atoms with E-state index >= 15 is 0 Å². The molecule has 1 aromatic carbocycles. The number of benzene rings is 1. The van der Waals surface area contributed by atoms with Crippen LogP contribution in [0.3, 0.4) is 0 Å². The molecule has 3 heterocycles. The quantitative estimate of drug-likeness (QED) is 0.522. The molecule has 0 spiro atoms. The molecule has 1 amide bonds. The summed E-state index contributed by atoms with van der Waals surface area (Å²) in [7, 11) is -3.69. The van der Waals surface area contributed by atoms with Crippen LogP contribution >= 0.6 is 0 Å². The minimum atomic E-state index is -4.44. The molecule has 0 atom stereocenters. The monoisotopic (exact) mass is 566 g/mol. The van der Waals surface area contributed by atoms with E-state index in [1.807, 2.05) is 26.8 Å². The zero-order valence-electron chi connectivity index (χ0n) is 22.2. The van der Waals surface area contributed by atoms with Crippen molar-refractivity contribution in [3.05, 3.63) is 59.8 Å². The first kappa shape index (κ1) is 28.9. The van der Waals surface area contributed by atoms with E-state index in [1.165, 1.54) is 10.4 Å². The third-order valence-corrected chi connectivity index (χ3v) is 8.53. The van der Waals surface area contributed by atoms with Crippen LogP contribution in [0.4, 0.5) is 23.8 Å². The van der Waals surface area contributed by atoms with E-state index in [2.05, 4.69) is 10.3 Å². The number of rotatable bonds is 5. The van der Waals surface area contributed by atoms with Crippen molar-refractivity contribution < 1.29 is 31.1 Å². The molecule has 0 aliphatic carbocycles. The summed E-state index contributed by atoms with van der Waals surface area (Å²) >= 11 is 0. The number of anilines is 1. The van der Waals surface area contributed by atoms with Gasteiger partial charge in [0.15, 0.2) is 0 Å². The summed E-state index contributed by atoms with van der Waals surface area (Å²) < 4.78 is 71.5. The molecule has 1 N–H and O–H groups in total. The summed E-state index contributed by atoms with van der Waals surface area (Å²) in [6.45, 7) is 6.99. The molecule has 2 aliphatic rings. The zero-order chi connectivity index (χ0) is 28.4. The molecule has 0 saturated carbocycles. The predicted octanol–water partition coefficient (Wildman–Crippen LogP) is 5.39. The Morgan fingerprint density at radius 3 is 2.21 bits per heavy atom. The second-order valence-electron chi connectivity index (χ2n) is 10.7. The Morgan fingerprint density at radius 2 is 1.69 bits per heavy atom. The number of alkyl halides is 3. The van der Waals surface area contributed by atoms with Gasteiger partial charge in [0.05, 0.1) is 10.5 Å². The molecule has 39 heavy (non-hydrogen) atoms. The van der Waals surface area contributed by atoms with Gasteiger partial charge in [-0.3, -0.25) is 0 Å². The first-order chi connectivity index (χ1) is 18.2. The number of nitrogens with one attached hydrogen (secondary N) is 1. The van der Waals surface area contributed by atoms with E-state index in [4.69, 9.17) is 4.74 Å². The van der Waals surface area contributed by atoms with Gasteiger partial charge in [0.2, 0.25) is 10.0 Å². The van der Waals surface area contributed by atoms with E-state index < -0.39 is 27.4 Å². The van der Waals surface area contributed by atoms with Crippen molar-refractivity contribution >= 4 is 27.5 Å².